The second-order valence-electron chi connectivity index (χ2n) is 4.30. The highest BCUT2D eigenvalue weighted by molar-refractivity contribution is 5.28. The minimum atomic E-state index is 0.794. The first-order chi connectivity index (χ1) is 6.72. The van der Waals surface area contributed by atoms with Gasteiger partial charge in [0.2, 0.25) is 0 Å². The summed E-state index contributed by atoms with van der Waals surface area (Å²) >= 11 is 0. The van der Waals surface area contributed by atoms with Crippen LogP contribution in [0.25, 0.3) is 0 Å². The van der Waals surface area contributed by atoms with E-state index in [0.29, 0.717) is 0 Å². The minimum absolute atomic E-state index is 0.794. The van der Waals surface area contributed by atoms with E-state index in [1.165, 1.54) is 36.2 Å². The molecule has 14 heavy (non-hydrogen) atoms. The van der Waals surface area contributed by atoms with Gasteiger partial charge in [-0.1, -0.05) is 0 Å². The molecule has 1 atom stereocenters. The molecule has 0 saturated carbocycles. The average molecular weight is 193 g/mol. The van der Waals surface area contributed by atoms with Crippen molar-refractivity contribution in [1.82, 2.24) is 15.1 Å². The lowest BCUT2D eigenvalue weighted by Crippen LogP contribution is -2.25. The van der Waals surface area contributed by atoms with Crippen LogP contribution < -0.4 is 5.32 Å². The normalized spacial score (nSPS) is 20.9. The van der Waals surface area contributed by atoms with Crippen LogP contribution >= 0.6 is 0 Å². The number of hydrogen-bond donors (Lipinski definition) is 1. The molecule has 1 aliphatic carbocycles. The van der Waals surface area contributed by atoms with E-state index in [2.05, 4.69) is 29.1 Å². The maximum absolute atomic E-state index is 4.48. The fourth-order valence-electron chi connectivity index (χ4n) is 2.52. The predicted molar refractivity (Wildman–Crippen MR) is 57.4 cm³/mol. The summed E-state index contributed by atoms with van der Waals surface area (Å²) < 4.78 is 2.06. The molecular weight excluding hydrogens is 174 g/mol. The summed E-state index contributed by atoms with van der Waals surface area (Å²) in [5.74, 6) is 0.794. The van der Waals surface area contributed by atoms with Gasteiger partial charge in [-0.15, -0.1) is 0 Å². The monoisotopic (exact) mass is 193 g/mol. The van der Waals surface area contributed by atoms with Crippen LogP contribution in [0.1, 0.15) is 23.4 Å². The number of hydrogen-bond acceptors (Lipinski definition) is 2. The second-order valence-corrected chi connectivity index (χ2v) is 4.30. The molecule has 0 amide bonds. The Labute approximate surface area is 85.5 Å². The van der Waals surface area contributed by atoms with Crippen molar-refractivity contribution in [2.75, 3.05) is 13.6 Å². The van der Waals surface area contributed by atoms with E-state index >= 15 is 0 Å². The molecule has 1 aromatic rings. The van der Waals surface area contributed by atoms with Gasteiger partial charge in [0.25, 0.3) is 0 Å². The molecule has 1 unspecified atom stereocenters. The van der Waals surface area contributed by atoms with Gasteiger partial charge < -0.3 is 5.32 Å². The number of nitrogens with zero attached hydrogens (tertiary/aromatic N) is 2. The fourth-order valence-corrected chi connectivity index (χ4v) is 2.52. The Morgan fingerprint density at radius 1 is 1.57 bits per heavy atom. The van der Waals surface area contributed by atoms with E-state index in [-0.39, 0.29) is 0 Å². The predicted octanol–water partition coefficient (Wildman–Crippen LogP) is 1.05. The van der Waals surface area contributed by atoms with Gasteiger partial charge in [-0.25, -0.2) is 0 Å². The van der Waals surface area contributed by atoms with Crippen molar-refractivity contribution in [1.29, 1.82) is 0 Å². The van der Waals surface area contributed by atoms with Crippen molar-refractivity contribution in [2.45, 2.75) is 26.2 Å². The van der Waals surface area contributed by atoms with Crippen LogP contribution in [0.15, 0.2) is 0 Å². The molecule has 0 aromatic carbocycles. The zero-order valence-electron chi connectivity index (χ0n) is 9.30. The van der Waals surface area contributed by atoms with Crippen molar-refractivity contribution >= 4 is 0 Å². The highest BCUT2D eigenvalue weighted by Gasteiger charge is 2.22. The van der Waals surface area contributed by atoms with Crippen LogP contribution in [0.3, 0.4) is 0 Å². The lowest BCUT2D eigenvalue weighted by Gasteiger charge is -2.22. The topological polar surface area (TPSA) is 29.9 Å². The molecule has 0 spiro atoms. The lowest BCUT2D eigenvalue weighted by atomic mass is 9.87. The Bertz CT molecular complexity index is 328. The maximum Gasteiger partial charge on any atom is 0.0628 e. The summed E-state index contributed by atoms with van der Waals surface area (Å²) in [6.45, 7) is 3.25. The Morgan fingerprint density at radius 2 is 2.36 bits per heavy atom. The van der Waals surface area contributed by atoms with Gasteiger partial charge in [0.15, 0.2) is 0 Å². The summed E-state index contributed by atoms with van der Waals surface area (Å²) in [6.07, 6.45) is 3.70. The van der Waals surface area contributed by atoms with E-state index in [1.807, 2.05) is 7.05 Å². The van der Waals surface area contributed by atoms with Crippen LogP contribution in [0.4, 0.5) is 0 Å². The molecule has 2 rings (SSSR count). The highest BCUT2D eigenvalue weighted by atomic mass is 15.3. The molecule has 3 heteroatoms. The second kappa shape index (κ2) is 3.73. The Kier molecular flexibility index (Phi) is 2.59. The highest BCUT2D eigenvalue weighted by Crippen LogP contribution is 2.26. The smallest absolute Gasteiger partial charge is 0.0628 e. The summed E-state index contributed by atoms with van der Waals surface area (Å²) in [7, 11) is 4.09. The molecule has 0 saturated heterocycles. The third kappa shape index (κ3) is 1.57. The first-order valence-corrected chi connectivity index (χ1v) is 5.38. The molecule has 0 radical (unpaired) electrons. The molecule has 1 aromatic heterocycles. The summed E-state index contributed by atoms with van der Waals surface area (Å²) in [4.78, 5) is 0. The molecule has 1 heterocycles. The largest absolute Gasteiger partial charge is 0.319 e. The van der Waals surface area contributed by atoms with E-state index in [4.69, 9.17) is 0 Å². The molecule has 3 nitrogen and oxygen atoms in total. The molecule has 1 aliphatic rings. The standard InChI is InChI=1S/C11H19N3/c1-8-10-5-4-9(7-12-2)6-11(10)14(3)13-8/h9,12H,4-7H2,1-3H3. The van der Waals surface area contributed by atoms with Crippen LogP contribution in [0.2, 0.25) is 0 Å². The van der Waals surface area contributed by atoms with Gasteiger partial charge in [-0.05, 0) is 51.3 Å². The number of nitrogens with one attached hydrogen (secondary N) is 1. The van der Waals surface area contributed by atoms with E-state index in [0.717, 1.165) is 12.5 Å². The van der Waals surface area contributed by atoms with Gasteiger partial charge in [-0.3, -0.25) is 4.68 Å². The first kappa shape index (κ1) is 9.71. The Morgan fingerprint density at radius 3 is 3.07 bits per heavy atom. The maximum atomic E-state index is 4.48. The number of rotatable bonds is 2. The van der Waals surface area contributed by atoms with Crippen molar-refractivity contribution in [3.8, 4) is 0 Å². The SMILES string of the molecule is CNCC1CCc2c(C)nn(C)c2C1. The summed E-state index contributed by atoms with van der Waals surface area (Å²) in [5.41, 5.74) is 4.18. The lowest BCUT2D eigenvalue weighted by molar-refractivity contribution is 0.426. The van der Waals surface area contributed by atoms with Crippen LogP contribution in [0.5, 0.6) is 0 Å². The molecule has 78 valence electrons. The third-order valence-corrected chi connectivity index (χ3v) is 3.25. The van der Waals surface area contributed by atoms with Gasteiger partial charge in [0, 0.05) is 12.7 Å². The molecule has 0 fully saturated rings. The third-order valence-electron chi connectivity index (χ3n) is 3.25. The average Bonchev–Trinajstić information content (AvgIpc) is 2.43. The van der Waals surface area contributed by atoms with Crippen LogP contribution in [-0.2, 0) is 19.9 Å². The van der Waals surface area contributed by atoms with Crippen LogP contribution in [-0.4, -0.2) is 23.4 Å². The van der Waals surface area contributed by atoms with Crippen molar-refractivity contribution in [3.05, 3.63) is 17.0 Å². The number of fused-ring (bicyclic) bond motifs is 1. The summed E-state index contributed by atoms with van der Waals surface area (Å²) in [6, 6.07) is 0. The molecule has 1 N–H and O–H groups in total. The molecular formula is C11H19N3. The van der Waals surface area contributed by atoms with Gasteiger partial charge >= 0.3 is 0 Å². The van der Waals surface area contributed by atoms with Gasteiger partial charge in [-0.2, -0.15) is 5.10 Å². The van der Waals surface area contributed by atoms with E-state index in [9.17, 15) is 0 Å². The van der Waals surface area contributed by atoms with Crippen molar-refractivity contribution in [3.63, 3.8) is 0 Å². The van der Waals surface area contributed by atoms with Gasteiger partial charge in [0.05, 0.1) is 5.69 Å². The van der Waals surface area contributed by atoms with Gasteiger partial charge in [0.1, 0.15) is 0 Å². The number of aryl methyl sites for hydroxylation is 2. The van der Waals surface area contributed by atoms with Crippen LogP contribution in [0, 0.1) is 12.8 Å². The fraction of sp³-hybridized carbons (Fsp3) is 0.727. The van der Waals surface area contributed by atoms with Crippen molar-refractivity contribution in [2.24, 2.45) is 13.0 Å². The first-order valence-electron chi connectivity index (χ1n) is 5.38. The number of aromatic nitrogens is 2. The van der Waals surface area contributed by atoms with Crippen molar-refractivity contribution < 1.29 is 0 Å². The van der Waals surface area contributed by atoms with E-state index in [1.54, 1.807) is 0 Å². The quantitative estimate of drug-likeness (QED) is 0.761. The zero-order valence-corrected chi connectivity index (χ0v) is 9.30. The minimum Gasteiger partial charge on any atom is -0.319 e. The molecule has 0 aliphatic heterocycles. The van der Waals surface area contributed by atoms with E-state index < -0.39 is 0 Å². The molecule has 0 bridgehead atoms. The Balaban J connectivity index is 2.21. The summed E-state index contributed by atoms with van der Waals surface area (Å²) in [5, 5.41) is 7.75. The zero-order chi connectivity index (χ0) is 10.1. The Hall–Kier alpha value is -0.830.